The molecule has 0 radical (unpaired) electrons. The third-order valence-corrected chi connectivity index (χ3v) is 7.50. The molecule has 34 heavy (non-hydrogen) atoms. The van der Waals surface area contributed by atoms with Gasteiger partial charge < -0.3 is 10.1 Å². The molecule has 1 aliphatic rings. The van der Waals surface area contributed by atoms with E-state index < -0.39 is 0 Å². The molecule has 178 valence electrons. The van der Waals surface area contributed by atoms with Gasteiger partial charge in [0.05, 0.1) is 22.9 Å². The number of halogens is 2. The lowest BCUT2D eigenvalue weighted by molar-refractivity contribution is -0.118. The van der Waals surface area contributed by atoms with Crippen molar-refractivity contribution in [2.24, 2.45) is 5.92 Å². The minimum absolute atomic E-state index is 0.0100. The van der Waals surface area contributed by atoms with Gasteiger partial charge in [-0.3, -0.25) is 9.69 Å². The molecule has 1 aliphatic heterocycles. The van der Waals surface area contributed by atoms with Gasteiger partial charge in [0.1, 0.15) is 5.75 Å². The minimum atomic E-state index is -0.0100. The predicted octanol–water partition coefficient (Wildman–Crippen LogP) is 5.19. The minimum Gasteiger partial charge on any atom is -0.497 e. The standard InChI is InChI=1S/C25H26Cl2N4O2S/c1-33-21-7-5-18(6-8-21)20-12-29-25(30-13-20)34-16-23(32)28-11-17-9-10-31(14-17)15-19-3-2-4-22(26)24(19)27/h2-8,12-13,17H,9-11,14-16H2,1H3,(H,28,32). The zero-order valence-corrected chi connectivity index (χ0v) is 21.2. The molecule has 0 saturated carbocycles. The number of amides is 1. The number of benzene rings is 2. The van der Waals surface area contributed by atoms with Gasteiger partial charge in [-0.15, -0.1) is 0 Å². The summed E-state index contributed by atoms with van der Waals surface area (Å²) in [6.07, 6.45) is 4.59. The number of likely N-dealkylation sites (tertiary alicyclic amines) is 1. The number of nitrogens with zero attached hydrogens (tertiary/aromatic N) is 3. The lowest BCUT2D eigenvalue weighted by Crippen LogP contribution is -2.32. The van der Waals surface area contributed by atoms with Crippen LogP contribution in [0.25, 0.3) is 11.1 Å². The summed E-state index contributed by atoms with van der Waals surface area (Å²) in [7, 11) is 1.64. The summed E-state index contributed by atoms with van der Waals surface area (Å²) in [6.45, 7) is 3.33. The third-order valence-electron chi connectivity index (χ3n) is 5.77. The lowest BCUT2D eigenvalue weighted by atomic mass is 10.1. The van der Waals surface area contributed by atoms with Crippen molar-refractivity contribution in [2.45, 2.75) is 18.1 Å². The lowest BCUT2D eigenvalue weighted by Gasteiger charge is -2.17. The molecular formula is C25H26Cl2N4O2S. The van der Waals surface area contributed by atoms with Crippen molar-refractivity contribution in [1.29, 1.82) is 0 Å². The zero-order valence-electron chi connectivity index (χ0n) is 18.8. The molecule has 4 rings (SSSR count). The second kappa shape index (κ2) is 11.9. The van der Waals surface area contributed by atoms with Crippen molar-refractivity contribution in [3.8, 4) is 16.9 Å². The highest BCUT2D eigenvalue weighted by atomic mass is 35.5. The Balaban J connectivity index is 1.18. The van der Waals surface area contributed by atoms with Crippen molar-refractivity contribution in [3.05, 3.63) is 70.5 Å². The van der Waals surface area contributed by atoms with Gasteiger partial charge in [0.25, 0.3) is 0 Å². The quantitative estimate of drug-likeness (QED) is 0.311. The van der Waals surface area contributed by atoms with Gasteiger partial charge in [-0.05, 0) is 48.2 Å². The summed E-state index contributed by atoms with van der Waals surface area (Å²) >= 11 is 13.8. The number of hydrogen-bond donors (Lipinski definition) is 1. The summed E-state index contributed by atoms with van der Waals surface area (Å²) in [5.41, 5.74) is 2.97. The molecule has 1 aromatic heterocycles. The number of rotatable bonds is 9. The highest BCUT2D eigenvalue weighted by Crippen LogP contribution is 2.28. The Hall–Kier alpha value is -2.32. The summed E-state index contributed by atoms with van der Waals surface area (Å²) in [5.74, 6) is 1.51. The van der Waals surface area contributed by atoms with E-state index in [9.17, 15) is 4.79 Å². The molecule has 2 heterocycles. The molecule has 1 atom stereocenters. The molecule has 1 unspecified atom stereocenters. The number of hydrogen-bond acceptors (Lipinski definition) is 6. The summed E-state index contributed by atoms with van der Waals surface area (Å²) in [5, 5.41) is 4.83. The van der Waals surface area contributed by atoms with Crippen LogP contribution in [0, 0.1) is 5.92 Å². The molecule has 0 bridgehead atoms. The number of methoxy groups -OCH3 is 1. The predicted molar refractivity (Wildman–Crippen MR) is 138 cm³/mol. The van der Waals surface area contributed by atoms with E-state index in [2.05, 4.69) is 20.2 Å². The molecule has 1 fully saturated rings. The molecule has 1 saturated heterocycles. The molecule has 1 amide bonds. The first-order valence-electron chi connectivity index (χ1n) is 11.0. The highest BCUT2D eigenvalue weighted by molar-refractivity contribution is 7.99. The SMILES string of the molecule is COc1ccc(-c2cnc(SCC(=O)NCC3CCN(Cc4cccc(Cl)c4Cl)C3)nc2)cc1. The second-order valence-corrected chi connectivity index (χ2v) is 9.91. The number of carbonyl (C=O) groups excluding carboxylic acids is 1. The van der Waals surface area contributed by atoms with Gasteiger partial charge in [-0.25, -0.2) is 9.97 Å². The van der Waals surface area contributed by atoms with Gasteiger partial charge in [-0.2, -0.15) is 0 Å². The van der Waals surface area contributed by atoms with Crippen molar-refractivity contribution in [3.63, 3.8) is 0 Å². The molecule has 1 N–H and O–H groups in total. The normalized spacial score (nSPS) is 15.9. The fourth-order valence-corrected chi connectivity index (χ4v) is 4.89. The molecule has 0 aliphatic carbocycles. The van der Waals surface area contributed by atoms with Crippen molar-refractivity contribution in [2.75, 3.05) is 32.5 Å². The van der Waals surface area contributed by atoms with Crippen molar-refractivity contribution in [1.82, 2.24) is 20.2 Å². The number of nitrogens with one attached hydrogen (secondary N) is 1. The molecule has 6 nitrogen and oxygen atoms in total. The summed E-state index contributed by atoms with van der Waals surface area (Å²) in [4.78, 5) is 23.4. The maximum absolute atomic E-state index is 12.3. The zero-order chi connectivity index (χ0) is 23.9. The molecule has 0 spiro atoms. The van der Waals surface area contributed by atoms with E-state index in [0.29, 0.717) is 27.7 Å². The molecule has 2 aromatic carbocycles. The molecule has 3 aromatic rings. The van der Waals surface area contributed by atoms with Crippen LogP contribution >= 0.6 is 35.0 Å². The van der Waals surface area contributed by atoms with Crippen LogP contribution in [0.5, 0.6) is 5.75 Å². The fraction of sp³-hybridized carbons (Fsp3) is 0.320. The van der Waals surface area contributed by atoms with E-state index >= 15 is 0 Å². The average molecular weight is 517 g/mol. The maximum Gasteiger partial charge on any atom is 0.230 e. The van der Waals surface area contributed by atoms with Crippen LogP contribution in [-0.4, -0.2) is 53.3 Å². The van der Waals surface area contributed by atoms with Crippen LogP contribution in [-0.2, 0) is 11.3 Å². The first-order valence-corrected chi connectivity index (χ1v) is 12.8. The van der Waals surface area contributed by atoms with Gasteiger partial charge in [0, 0.05) is 37.6 Å². The Labute approximate surface area is 214 Å². The smallest absolute Gasteiger partial charge is 0.230 e. The van der Waals surface area contributed by atoms with Crippen LogP contribution in [0.2, 0.25) is 10.0 Å². The number of carbonyl (C=O) groups is 1. The van der Waals surface area contributed by atoms with E-state index in [0.717, 1.165) is 48.5 Å². The first-order chi connectivity index (χ1) is 16.5. The summed E-state index contributed by atoms with van der Waals surface area (Å²) < 4.78 is 5.18. The van der Waals surface area contributed by atoms with Crippen LogP contribution < -0.4 is 10.1 Å². The monoisotopic (exact) mass is 516 g/mol. The Kier molecular flexibility index (Phi) is 8.67. The van der Waals surface area contributed by atoms with E-state index in [-0.39, 0.29) is 11.7 Å². The average Bonchev–Trinajstić information content (AvgIpc) is 3.32. The van der Waals surface area contributed by atoms with Crippen molar-refractivity contribution >= 4 is 40.9 Å². The van der Waals surface area contributed by atoms with E-state index in [1.165, 1.54) is 11.8 Å². The number of thioether (sulfide) groups is 1. The van der Waals surface area contributed by atoms with Crippen molar-refractivity contribution < 1.29 is 9.53 Å². The van der Waals surface area contributed by atoms with E-state index in [4.69, 9.17) is 27.9 Å². The Morgan fingerprint density at radius 1 is 1.15 bits per heavy atom. The largest absolute Gasteiger partial charge is 0.497 e. The van der Waals surface area contributed by atoms with Crippen LogP contribution in [0.3, 0.4) is 0 Å². The van der Waals surface area contributed by atoms with E-state index in [1.54, 1.807) is 25.6 Å². The Bertz CT molecular complexity index is 1110. The van der Waals surface area contributed by atoms with E-state index in [1.807, 2.05) is 36.4 Å². The Morgan fingerprint density at radius 3 is 2.65 bits per heavy atom. The number of ether oxygens (including phenoxy) is 1. The topological polar surface area (TPSA) is 67.3 Å². The van der Waals surface area contributed by atoms with Crippen LogP contribution in [0.4, 0.5) is 0 Å². The van der Waals surface area contributed by atoms with Gasteiger partial charge >= 0.3 is 0 Å². The van der Waals surface area contributed by atoms with Gasteiger partial charge in [0.15, 0.2) is 5.16 Å². The summed E-state index contributed by atoms with van der Waals surface area (Å²) in [6, 6.07) is 13.5. The fourth-order valence-electron chi connectivity index (χ4n) is 3.90. The first kappa shape index (κ1) is 24.8. The van der Waals surface area contributed by atoms with Crippen LogP contribution in [0.1, 0.15) is 12.0 Å². The molecular weight excluding hydrogens is 491 g/mol. The molecule has 9 heteroatoms. The van der Waals surface area contributed by atoms with Gasteiger partial charge in [0.2, 0.25) is 5.91 Å². The Morgan fingerprint density at radius 2 is 1.91 bits per heavy atom. The van der Waals surface area contributed by atoms with Gasteiger partial charge in [-0.1, -0.05) is 59.2 Å². The second-order valence-electron chi connectivity index (χ2n) is 8.18. The third kappa shape index (κ3) is 6.63. The number of aromatic nitrogens is 2. The maximum atomic E-state index is 12.3. The van der Waals surface area contributed by atoms with Crippen LogP contribution in [0.15, 0.2) is 60.0 Å². The highest BCUT2D eigenvalue weighted by Gasteiger charge is 2.23.